The fourth-order valence-electron chi connectivity index (χ4n) is 4.65. The number of carbonyl (C=O) groups excluding carboxylic acids is 1. The number of hydrogen-bond acceptors (Lipinski definition) is 5. The minimum absolute atomic E-state index is 0.121. The first kappa shape index (κ1) is 20.1. The van der Waals surface area contributed by atoms with Gasteiger partial charge >= 0.3 is 0 Å². The van der Waals surface area contributed by atoms with Crippen molar-refractivity contribution in [2.24, 2.45) is 5.92 Å². The summed E-state index contributed by atoms with van der Waals surface area (Å²) in [6.07, 6.45) is 10.7. The molecular weight excluding hydrogens is 364 g/mol. The van der Waals surface area contributed by atoms with Gasteiger partial charge in [0, 0.05) is 44.5 Å². The van der Waals surface area contributed by atoms with Crippen molar-refractivity contribution in [2.45, 2.75) is 44.7 Å². The molecule has 156 valence electrons. The van der Waals surface area contributed by atoms with Crippen LogP contribution >= 0.6 is 0 Å². The minimum Gasteiger partial charge on any atom is -0.469 e. The number of nitrogens with zero attached hydrogens (tertiary/aromatic N) is 3. The molecule has 1 amide bonds. The van der Waals surface area contributed by atoms with Crippen LogP contribution < -0.4 is 5.32 Å². The second-order valence-electron chi connectivity index (χ2n) is 8.32. The van der Waals surface area contributed by atoms with Crippen LogP contribution in [-0.2, 0) is 17.8 Å². The molecule has 4 rings (SSSR count). The molecule has 0 aromatic carbocycles. The predicted molar refractivity (Wildman–Crippen MR) is 112 cm³/mol. The zero-order valence-corrected chi connectivity index (χ0v) is 17.1. The molecule has 0 bridgehead atoms. The van der Waals surface area contributed by atoms with E-state index >= 15 is 0 Å². The van der Waals surface area contributed by atoms with Gasteiger partial charge in [0.15, 0.2) is 0 Å². The number of aromatic nitrogens is 1. The van der Waals surface area contributed by atoms with E-state index in [1.807, 2.05) is 24.5 Å². The molecule has 0 spiro atoms. The highest BCUT2D eigenvalue weighted by Crippen LogP contribution is 2.24. The van der Waals surface area contributed by atoms with Gasteiger partial charge in [0.05, 0.1) is 12.2 Å². The third-order valence-corrected chi connectivity index (χ3v) is 6.30. The quantitative estimate of drug-likeness (QED) is 0.780. The second-order valence-corrected chi connectivity index (χ2v) is 8.32. The Labute approximate surface area is 173 Å². The summed E-state index contributed by atoms with van der Waals surface area (Å²) < 4.78 is 5.34. The Balaban J connectivity index is 1.20. The van der Waals surface area contributed by atoms with Crippen molar-refractivity contribution in [2.75, 3.05) is 32.7 Å². The number of carbonyl (C=O) groups is 1. The fraction of sp³-hybridized carbons (Fsp3) is 0.565. The number of hydrogen-bond donors (Lipinski definition) is 1. The Morgan fingerprint density at radius 2 is 1.97 bits per heavy atom. The zero-order chi connectivity index (χ0) is 19.9. The van der Waals surface area contributed by atoms with Crippen molar-refractivity contribution < 1.29 is 9.21 Å². The number of likely N-dealkylation sites (tertiary alicyclic amines) is 2. The molecule has 0 aliphatic carbocycles. The molecule has 2 aromatic rings. The summed E-state index contributed by atoms with van der Waals surface area (Å²) in [5, 5.41) is 3.11. The van der Waals surface area contributed by atoms with Gasteiger partial charge in [-0.1, -0.05) is 0 Å². The lowest BCUT2D eigenvalue weighted by atomic mass is 9.93. The summed E-state index contributed by atoms with van der Waals surface area (Å²) in [4.78, 5) is 21.8. The molecule has 2 aliphatic heterocycles. The average molecular weight is 397 g/mol. The highest BCUT2D eigenvalue weighted by molar-refractivity contribution is 5.78. The molecular formula is C23H32N4O2. The third kappa shape index (κ3) is 5.67. The van der Waals surface area contributed by atoms with Crippen molar-refractivity contribution in [1.29, 1.82) is 0 Å². The van der Waals surface area contributed by atoms with Gasteiger partial charge in [0.1, 0.15) is 5.76 Å². The molecule has 0 radical (unpaired) electrons. The lowest BCUT2D eigenvalue weighted by Gasteiger charge is -2.42. The van der Waals surface area contributed by atoms with E-state index in [1.165, 1.54) is 18.4 Å². The first-order valence-corrected chi connectivity index (χ1v) is 10.9. The topological polar surface area (TPSA) is 61.6 Å². The van der Waals surface area contributed by atoms with Crippen molar-refractivity contribution in [3.05, 3.63) is 54.2 Å². The van der Waals surface area contributed by atoms with E-state index in [9.17, 15) is 4.79 Å². The number of pyridine rings is 1. The Morgan fingerprint density at radius 1 is 1.14 bits per heavy atom. The van der Waals surface area contributed by atoms with E-state index in [0.29, 0.717) is 12.6 Å². The SMILES string of the molecule is O=C(NCCc1ccco1)C1CCCN(C2CCN(Cc3ccncc3)CC2)C1. The van der Waals surface area contributed by atoms with Crippen LogP contribution in [0.3, 0.4) is 0 Å². The minimum atomic E-state index is 0.121. The number of piperidine rings is 2. The maximum Gasteiger partial charge on any atom is 0.224 e. The van der Waals surface area contributed by atoms with E-state index in [4.69, 9.17) is 4.42 Å². The van der Waals surface area contributed by atoms with Gasteiger partial charge in [-0.2, -0.15) is 0 Å². The van der Waals surface area contributed by atoms with Gasteiger partial charge in [0.2, 0.25) is 5.91 Å². The van der Waals surface area contributed by atoms with Crippen LogP contribution in [-0.4, -0.2) is 59.5 Å². The maximum absolute atomic E-state index is 12.6. The molecule has 2 saturated heterocycles. The van der Waals surface area contributed by atoms with E-state index in [0.717, 1.165) is 57.7 Å². The summed E-state index contributed by atoms with van der Waals surface area (Å²) in [6, 6.07) is 8.66. The number of rotatable bonds is 7. The van der Waals surface area contributed by atoms with E-state index in [-0.39, 0.29) is 11.8 Å². The standard InChI is InChI=1S/C23H32N4O2/c28-23(25-12-7-22-4-2-16-29-22)20-3-1-13-27(18-20)21-8-14-26(15-9-21)17-19-5-10-24-11-6-19/h2,4-6,10-11,16,20-21H,1,3,7-9,12-15,17-18H2,(H,25,28). The van der Waals surface area contributed by atoms with Crippen LogP contribution in [0, 0.1) is 5.92 Å². The van der Waals surface area contributed by atoms with Gasteiger partial charge in [0.25, 0.3) is 0 Å². The first-order valence-electron chi connectivity index (χ1n) is 10.9. The Morgan fingerprint density at radius 3 is 2.72 bits per heavy atom. The summed E-state index contributed by atoms with van der Waals surface area (Å²) in [6.45, 7) is 5.95. The summed E-state index contributed by atoms with van der Waals surface area (Å²) in [5.41, 5.74) is 1.34. The molecule has 1 N–H and O–H groups in total. The van der Waals surface area contributed by atoms with Gasteiger partial charge in [-0.25, -0.2) is 0 Å². The highest BCUT2D eigenvalue weighted by atomic mass is 16.3. The Hall–Kier alpha value is -2.18. The first-order chi connectivity index (χ1) is 14.3. The van der Waals surface area contributed by atoms with Crippen LogP contribution in [0.15, 0.2) is 47.3 Å². The molecule has 0 saturated carbocycles. The van der Waals surface area contributed by atoms with E-state index in [1.54, 1.807) is 6.26 Å². The normalized spacial score (nSPS) is 21.9. The smallest absolute Gasteiger partial charge is 0.224 e. The molecule has 2 aliphatic rings. The zero-order valence-electron chi connectivity index (χ0n) is 17.1. The molecule has 6 nitrogen and oxygen atoms in total. The van der Waals surface area contributed by atoms with Crippen molar-refractivity contribution >= 4 is 5.91 Å². The van der Waals surface area contributed by atoms with Crippen LogP contribution in [0.25, 0.3) is 0 Å². The number of amides is 1. The van der Waals surface area contributed by atoms with Crippen LogP contribution in [0.2, 0.25) is 0 Å². The molecule has 29 heavy (non-hydrogen) atoms. The average Bonchev–Trinajstić information content (AvgIpc) is 3.29. The van der Waals surface area contributed by atoms with Crippen LogP contribution in [0.5, 0.6) is 0 Å². The second kappa shape index (κ2) is 10.0. The lowest BCUT2D eigenvalue weighted by molar-refractivity contribution is -0.127. The van der Waals surface area contributed by atoms with Crippen LogP contribution in [0.1, 0.15) is 37.0 Å². The van der Waals surface area contributed by atoms with Gasteiger partial charge in [-0.05, 0) is 75.1 Å². The molecule has 1 atom stereocenters. The maximum atomic E-state index is 12.6. The van der Waals surface area contributed by atoms with E-state index in [2.05, 4.69) is 32.2 Å². The van der Waals surface area contributed by atoms with Crippen molar-refractivity contribution in [1.82, 2.24) is 20.1 Å². The van der Waals surface area contributed by atoms with Gasteiger partial charge in [-0.15, -0.1) is 0 Å². The van der Waals surface area contributed by atoms with Crippen molar-refractivity contribution in [3.8, 4) is 0 Å². The van der Waals surface area contributed by atoms with Crippen LogP contribution in [0.4, 0.5) is 0 Å². The number of furan rings is 1. The molecule has 6 heteroatoms. The largest absolute Gasteiger partial charge is 0.469 e. The fourth-order valence-corrected chi connectivity index (χ4v) is 4.65. The molecule has 2 aromatic heterocycles. The van der Waals surface area contributed by atoms with Gasteiger partial charge < -0.3 is 9.73 Å². The molecule has 4 heterocycles. The third-order valence-electron chi connectivity index (χ3n) is 6.30. The molecule has 2 fully saturated rings. The Kier molecular flexibility index (Phi) is 6.96. The molecule has 1 unspecified atom stereocenters. The van der Waals surface area contributed by atoms with Gasteiger partial charge in [-0.3, -0.25) is 19.6 Å². The van der Waals surface area contributed by atoms with Crippen molar-refractivity contribution in [3.63, 3.8) is 0 Å². The summed E-state index contributed by atoms with van der Waals surface area (Å²) >= 11 is 0. The Bertz CT molecular complexity index is 742. The summed E-state index contributed by atoms with van der Waals surface area (Å²) in [5.74, 6) is 1.25. The van der Waals surface area contributed by atoms with E-state index < -0.39 is 0 Å². The predicted octanol–water partition coefficient (Wildman–Crippen LogP) is 2.71. The summed E-state index contributed by atoms with van der Waals surface area (Å²) in [7, 11) is 0. The highest BCUT2D eigenvalue weighted by Gasteiger charge is 2.31. The monoisotopic (exact) mass is 396 g/mol. The lowest BCUT2D eigenvalue weighted by Crippen LogP contribution is -2.50. The number of nitrogens with one attached hydrogen (secondary N) is 1.